The van der Waals surface area contributed by atoms with Crippen molar-refractivity contribution in [2.24, 2.45) is 0 Å². The van der Waals surface area contributed by atoms with Crippen LogP contribution in [0.3, 0.4) is 0 Å². The predicted molar refractivity (Wildman–Crippen MR) is 86.6 cm³/mol. The molecule has 114 valence electrons. The molecule has 0 bridgehead atoms. The Labute approximate surface area is 137 Å². The number of hydrogen-bond acceptors (Lipinski definition) is 5. The number of aromatic nitrogens is 2. The average molecular weight is 323 g/mol. The minimum Gasteiger partial charge on any atom is -0.486 e. The Bertz CT molecular complexity index is 878. The van der Waals surface area contributed by atoms with Crippen molar-refractivity contribution >= 4 is 11.3 Å². The highest BCUT2D eigenvalue weighted by molar-refractivity contribution is 7.15. The van der Waals surface area contributed by atoms with Crippen molar-refractivity contribution in [3.8, 4) is 28.1 Å². The maximum Gasteiger partial charge on any atom is 0.161 e. The Morgan fingerprint density at radius 3 is 2.91 bits per heavy atom. The Balaban J connectivity index is 1.47. The molecule has 4 rings (SSSR count). The van der Waals surface area contributed by atoms with Crippen molar-refractivity contribution in [1.82, 2.24) is 9.78 Å². The van der Waals surface area contributed by atoms with E-state index in [1.54, 1.807) is 0 Å². The summed E-state index contributed by atoms with van der Waals surface area (Å²) in [5, 5.41) is 13.5. The fourth-order valence-corrected chi connectivity index (χ4v) is 3.26. The number of para-hydroxylation sites is 2. The van der Waals surface area contributed by atoms with E-state index in [9.17, 15) is 0 Å². The molecule has 1 aromatic carbocycles. The van der Waals surface area contributed by atoms with E-state index in [2.05, 4.69) is 11.2 Å². The van der Waals surface area contributed by atoms with E-state index in [4.69, 9.17) is 14.7 Å². The number of benzene rings is 1. The number of nitrogens with zero attached hydrogens (tertiary/aromatic N) is 3. The summed E-state index contributed by atoms with van der Waals surface area (Å²) in [6.07, 6.45) is 1.85. The van der Waals surface area contributed by atoms with Crippen LogP contribution in [0.2, 0.25) is 0 Å². The van der Waals surface area contributed by atoms with Crippen molar-refractivity contribution in [3.05, 3.63) is 53.5 Å². The molecule has 3 aromatic rings. The van der Waals surface area contributed by atoms with Gasteiger partial charge >= 0.3 is 0 Å². The van der Waals surface area contributed by atoms with E-state index < -0.39 is 0 Å². The normalized spacial score (nSPS) is 16.0. The van der Waals surface area contributed by atoms with Crippen LogP contribution in [-0.4, -0.2) is 22.5 Å². The number of nitriles is 1. The molecule has 0 radical (unpaired) electrons. The molecule has 0 saturated heterocycles. The summed E-state index contributed by atoms with van der Waals surface area (Å²) in [4.78, 5) is 1.68. The van der Waals surface area contributed by atoms with Gasteiger partial charge in [-0.05, 0) is 30.3 Å². The molecule has 0 fully saturated rings. The number of rotatable bonds is 3. The molecule has 5 nitrogen and oxygen atoms in total. The third kappa shape index (κ3) is 2.79. The van der Waals surface area contributed by atoms with Gasteiger partial charge in [0.2, 0.25) is 0 Å². The summed E-state index contributed by atoms with van der Waals surface area (Å²) in [6, 6.07) is 15.5. The van der Waals surface area contributed by atoms with Gasteiger partial charge in [-0.1, -0.05) is 12.1 Å². The first-order chi connectivity index (χ1) is 11.3. The van der Waals surface area contributed by atoms with Gasteiger partial charge in [-0.2, -0.15) is 10.4 Å². The summed E-state index contributed by atoms with van der Waals surface area (Å²) in [7, 11) is 0. The molecule has 0 aliphatic carbocycles. The maximum absolute atomic E-state index is 8.90. The summed E-state index contributed by atoms with van der Waals surface area (Å²) in [5.41, 5.74) is 0.869. The number of hydrogen-bond donors (Lipinski definition) is 0. The van der Waals surface area contributed by atoms with Gasteiger partial charge in [0, 0.05) is 6.20 Å². The molecule has 1 atom stereocenters. The SMILES string of the molecule is N#Cc1ccc(-c2ccn(CC3COc4ccccc4O3)n2)s1. The lowest BCUT2D eigenvalue weighted by atomic mass is 10.2. The average Bonchev–Trinajstić information content (AvgIpc) is 3.23. The topological polar surface area (TPSA) is 60.1 Å². The zero-order valence-electron chi connectivity index (χ0n) is 12.2. The standard InChI is InChI=1S/C17H13N3O2S/c18-9-13-5-6-17(23-13)14-7-8-20(19-14)10-12-11-21-15-3-1-2-4-16(15)22-12/h1-8,12H,10-11H2. The van der Waals surface area contributed by atoms with Gasteiger partial charge in [-0.25, -0.2) is 0 Å². The smallest absolute Gasteiger partial charge is 0.161 e. The van der Waals surface area contributed by atoms with Crippen LogP contribution in [-0.2, 0) is 6.54 Å². The zero-order valence-corrected chi connectivity index (χ0v) is 13.0. The second-order valence-corrected chi connectivity index (χ2v) is 6.28. The van der Waals surface area contributed by atoms with Gasteiger partial charge in [0.25, 0.3) is 0 Å². The summed E-state index contributed by atoms with van der Waals surface area (Å²) in [5.74, 6) is 1.56. The molecule has 1 aliphatic rings. The number of ether oxygens (including phenoxy) is 2. The van der Waals surface area contributed by atoms with Crippen LogP contribution in [0.25, 0.3) is 10.6 Å². The van der Waals surface area contributed by atoms with Crippen molar-refractivity contribution in [3.63, 3.8) is 0 Å². The molecule has 2 aromatic heterocycles. The summed E-state index contributed by atoms with van der Waals surface area (Å²) >= 11 is 1.44. The fourth-order valence-electron chi connectivity index (χ4n) is 2.49. The van der Waals surface area contributed by atoms with Crippen LogP contribution in [0.5, 0.6) is 11.5 Å². The molecular weight excluding hydrogens is 310 g/mol. The third-order valence-corrected chi connectivity index (χ3v) is 4.58. The monoisotopic (exact) mass is 323 g/mol. The predicted octanol–water partition coefficient (Wildman–Crippen LogP) is 3.32. The number of fused-ring (bicyclic) bond motifs is 1. The number of thiophene rings is 1. The van der Waals surface area contributed by atoms with E-state index in [1.165, 1.54) is 11.3 Å². The lowest BCUT2D eigenvalue weighted by molar-refractivity contribution is 0.0759. The summed E-state index contributed by atoms with van der Waals surface area (Å²) < 4.78 is 13.5. The Kier molecular flexibility index (Phi) is 3.48. The van der Waals surface area contributed by atoms with E-state index in [0.717, 1.165) is 22.1 Å². The lowest BCUT2D eigenvalue weighted by Crippen LogP contribution is -2.33. The molecule has 23 heavy (non-hydrogen) atoms. The zero-order chi connectivity index (χ0) is 15.6. The molecule has 3 heterocycles. The third-order valence-electron chi connectivity index (χ3n) is 3.57. The molecule has 0 spiro atoms. The van der Waals surface area contributed by atoms with Crippen molar-refractivity contribution < 1.29 is 9.47 Å². The van der Waals surface area contributed by atoms with E-state index in [-0.39, 0.29) is 6.10 Å². The van der Waals surface area contributed by atoms with Crippen molar-refractivity contribution in [2.45, 2.75) is 12.6 Å². The molecule has 6 heteroatoms. The minimum atomic E-state index is -0.0735. The first kappa shape index (κ1) is 13.9. The molecular formula is C17H13N3O2S. The van der Waals surface area contributed by atoms with Gasteiger partial charge in [-0.3, -0.25) is 4.68 Å². The first-order valence-electron chi connectivity index (χ1n) is 7.24. The quantitative estimate of drug-likeness (QED) is 0.742. The molecule has 1 aliphatic heterocycles. The molecule has 1 unspecified atom stereocenters. The van der Waals surface area contributed by atoms with Gasteiger partial charge < -0.3 is 9.47 Å². The van der Waals surface area contributed by atoms with Gasteiger partial charge in [0.05, 0.1) is 11.4 Å². The highest BCUT2D eigenvalue weighted by Crippen LogP contribution is 2.31. The molecule has 0 N–H and O–H groups in total. The van der Waals surface area contributed by atoms with Crippen LogP contribution in [0.4, 0.5) is 0 Å². The van der Waals surface area contributed by atoms with Gasteiger partial charge in [-0.15, -0.1) is 11.3 Å². The Morgan fingerprint density at radius 2 is 2.09 bits per heavy atom. The van der Waals surface area contributed by atoms with Crippen LogP contribution >= 0.6 is 11.3 Å². The van der Waals surface area contributed by atoms with Crippen molar-refractivity contribution in [1.29, 1.82) is 5.26 Å². The molecule has 0 saturated carbocycles. The second kappa shape index (κ2) is 5.78. The second-order valence-electron chi connectivity index (χ2n) is 5.20. The Hall–Kier alpha value is -2.78. The minimum absolute atomic E-state index is 0.0735. The highest BCUT2D eigenvalue weighted by Gasteiger charge is 2.21. The highest BCUT2D eigenvalue weighted by atomic mass is 32.1. The van der Waals surface area contributed by atoms with Crippen LogP contribution in [0.1, 0.15) is 4.88 Å². The van der Waals surface area contributed by atoms with E-state index in [0.29, 0.717) is 18.0 Å². The Morgan fingerprint density at radius 1 is 1.22 bits per heavy atom. The van der Waals surface area contributed by atoms with E-state index in [1.807, 2.05) is 53.3 Å². The van der Waals surface area contributed by atoms with E-state index >= 15 is 0 Å². The van der Waals surface area contributed by atoms with Gasteiger partial charge in [0.1, 0.15) is 23.2 Å². The van der Waals surface area contributed by atoms with Crippen LogP contribution < -0.4 is 9.47 Å². The maximum atomic E-state index is 8.90. The fraction of sp³-hybridized carbons (Fsp3) is 0.176. The molecule has 0 amide bonds. The van der Waals surface area contributed by atoms with Crippen molar-refractivity contribution in [2.75, 3.05) is 6.61 Å². The van der Waals surface area contributed by atoms with Crippen LogP contribution in [0, 0.1) is 11.3 Å². The summed E-state index contributed by atoms with van der Waals surface area (Å²) in [6.45, 7) is 1.12. The van der Waals surface area contributed by atoms with Gasteiger partial charge in [0.15, 0.2) is 17.6 Å². The van der Waals surface area contributed by atoms with Crippen LogP contribution in [0.15, 0.2) is 48.7 Å². The lowest BCUT2D eigenvalue weighted by Gasteiger charge is -2.26. The largest absolute Gasteiger partial charge is 0.486 e. The first-order valence-corrected chi connectivity index (χ1v) is 8.06.